The Morgan fingerprint density at radius 1 is 1.04 bits per heavy atom. The van der Waals surface area contributed by atoms with Gasteiger partial charge in [-0.1, -0.05) is 59.6 Å². The average molecular weight is 377 g/mol. The van der Waals surface area contributed by atoms with Crippen molar-refractivity contribution in [2.75, 3.05) is 5.32 Å². The highest BCUT2D eigenvalue weighted by atomic mass is 35.5. The highest BCUT2D eigenvalue weighted by molar-refractivity contribution is 7.15. The maximum atomic E-state index is 12.1. The Balaban J connectivity index is 1.60. The van der Waals surface area contributed by atoms with E-state index in [2.05, 4.69) is 10.3 Å². The normalized spacial score (nSPS) is 10.6. The number of rotatable bonds is 5. The summed E-state index contributed by atoms with van der Waals surface area (Å²) in [7, 11) is 0. The molecule has 1 N–H and O–H groups in total. The van der Waals surface area contributed by atoms with E-state index >= 15 is 0 Å². The average Bonchev–Trinajstić information content (AvgIpc) is 2.98. The SMILES string of the molecule is O=C(Cc1ccccc1)Nc1ncc(Cc2ccc(Cl)c(Cl)c2)s1. The van der Waals surface area contributed by atoms with Crippen LogP contribution in [0.4, 0.5) is 5.13 Å². The van der Waals surface area contributed by atoms with Crippen LogP contribution in [0.2, 0.25) is 10.0 Å². The van der Waals surface area contributed by atoms with Crippen LogP contribution in [0.5, 0.6) is 0 Å². The van der Waals surface area contributed by atoms with Crippen molar-refractivity contribution in [2.24, 2.45) is 0 Å². The molecule has 24 heavy (non-hydrogen) atoms. The summed E-state index contributed by atoms with van der Waals surface area (Å²) in [5, 5.41) is 4.52. The molecule has 0 saturated heterocycles. The van der Waals surface area contributed by atoms with E-state index in [-0.39, 0.29) is 5.91 Å². The van der Waals surface area contributed by atoms with Crippen molar-refractivity contribution in [2.45, 2.75) is 12.8 Å². The van der Waals surface area contributed by atoms with Crippen LogP contribution in [0.3, 0.4) is 0 Å². The number of carbonyl (C=O) groups is 1. The van der Waals surface area contributed by atoms with Crippen molar-refractivity contribution in [3.63, 3.8) is 0 Å². The molecular formula is C18H14Cl2N2OS. The summed E-state index contributed by atoms with van der Waals surface area (Å²) >= 11 is 13.4. The van der Waals surface area contributed by atoms with Gasteiger partial charge in [0.1, 0.15) is 0 Å². The molecule has 3 rings (SSSR count). The standard InChI is InChI=1S/C18H14Cl2N2OS/c19-15-7-6-13(9-16(15)20)8-14-11-21-18(24-14)22-17(23)10-12-4-2-1-3-5-12/h1-7,9,11H,8,10H2,(H,21,22,23). The molecule has 0 atom stereocenters. The molecule has 1 aromatic heterocycles. The summed E-state index contributed by atoms with van der Waals surface area (Å²) in [6.45, 7) is 0. The minimum atomic E-state index is -0.0726. The molecule has 2 aromatic carbocycles. The second kappa shape index (κ2) is 7.79. The Morgan fingerprint density at radius 3 is 2.58 bits per heavy atom. The fourth-order valence-electron chi connectivity index (χ4n) is 2.24. The lowest BCUT2D eigenvalue weighted by molar-refractivity contribution is -0.115. The van der Waals surface area contributed by atoms with Crippen LogP contribution in [0, 0.1) is 0 Å². The first-order valence-corrected chi connectivity index (χ1v) is 8.90. The lowest BCUT2D eigenvalue weighted by atomic mass is 10.1. The first-order valence-electron chi connectivity index (χ1n) is 7.32. The molecule has 0 saturated carbocycles. The molecule has 3 aromatic rings. The highest BCUT2D eigenvalue weighted by Crippen LogP contribution is 2.26. The van der Waals surface area contributed by atoms with E-state index in [0.717, 1.165) is 16.0 Å². The Hall–Kier alpha value is -1.88. The summed E-state index contributed by atoms with van der Waals surface area (Å²) < 4.78 is 0. The number of halogens is 2. The summed E-state index contributed by atoms with van der Waals surface area (Å²) in [6, 6.07) is 15.2. The minimum Gasteiger partial charge on any atom is -0.302 e. The summed E-state index contributed by atoms with van der Waals surface area (Å²) in [5.74, 6) is -0.0726. The number of aromatic nitrogens is 1. The quantitative estimate of drug-likeness (QED) is 0.662. The Kier molecular flexibility index (Phi) is 5.51. The van der Waals surface area contributed by atoms with Crippen LogP contribution in [0.25, 0.3) is 0 Å². The molecule has 0 aliphatic carbocycles. The van der Waals surface area contributed by atoms with E-state index in [1.165, 1.54) is 11.3 Å². The van der Waals surface area contributed by atoms with Crippen LogP contribution in [-0.2, 0) is 17.6 Å². The Morgan fingerprint density at radius 2 is 1.83 bits per heavy atom. The van der Waals surface area contributed by atoms with Gasteiger partial charge >= 0.3 is 0 Å². The lowest BCUT2D eigenvalue weighted by Crippen LogP contribution is -2.13. The number of nitrogens with zero attached hydrogens (tertiary/aromatic N) is 1. The predicted molar refractivity (Wildman–Crippen MR) is 100 cm³/mol. The Bertz CT molecular complexity index is 849. The molecule has 1 heterocycles. The first-order chi connectivity index (χ1) is 11.6. The zero-order valence-corrected chi connectivity index (χ0v) is 15.0. The van der Waals surface area contributed by atoms with Gasteiger partial charge in [-0.15, -0.1) is 11.3 Å². The van der Waals surface area contributed by atoms with E-state index in [0.29, 0.717) is 28.0 Å². The van der Waals surface area contributed by atoms with Gasteiger partial charge in [-0.3, -0.25) is 4.79 Å². The molecule has 122 valence electrons. The van der Waals surface area contributed by atoms with Crippen LogP contribution in [0.15, 0.2) is 54.7 Å². The molecule has 0 unspecified atom stereocenters. The summed E-state index contributed by atoms with van der Waals surface area (Å²) in [5.41, 5.74) is 2.03. The third-order valence-electron chi connectivity index (χ3n) is 3.37. The second-order valence-corrected chi connectivity index (χ2v) is 7.20. The van der Waals surface area contributed by atoms with E-state index in [4.69, 9.17) is 23.2 Å². The van der Waals surface area contributed by atoms with E-state index in [1.807, 2.05) is 42.5 Å². The van der Waals surface area contributed by atoms with Crippen molar-refractivity contribution < 1.29 is 4.79 Å². The number of carbonyl (C=O) groups excluding carboxylic acids is 1. The number of amides is 1. The van der Waals surface area contributed by atoms with Crippen LogP contribution >= 0.6 is 34.5 Å². The predicted octanol–water partition coefficient (Wildman–Crippen LogP) is 5.22. The smallest absolute Gasteiger partial charge is 0.230 e. The van der Waals surface area contributed by atoms with Gasteiger partial charge in [-0.2, -0.15) is 0 Å². The van der Waals surface area contributed by atoms with Gasteiger partial charge in [0.05, 0.1) is 16.5 Å². The Labute approximate surface area is 154 Å². The topological polar surface area (TPSA) is 42.0 Å². The zero-order chi connectivity index (χ0) is 16.9. The van der Waals surface area contributed by atoms with Crippen molar-refractivity contribution in [1.29, 1.82) is 0 Å². The van der Waals surface area contributed by atoms with Gasteiger partial charge < -0.3 is 5.32 Å². The second-order valence-electron chi connectivity index (χ2n) is 5.27. The van der Waals surface area contributed by atoms with Crippen molar-refractivity contribution in [3.05, 3.63) is 80.8 Å². The molecule has 3 nitrogen and oxygen atoms in total. The molecule has 6 heteroatoms. The van der Waals surface area contributed by atoms with Crippen molar-refractivity contribution in [3.8, 4) is 0 Å². The summed E-state index contributed by atoms with van der Waals surface area (Å²) in [6.07, 6.45) is 2.80. The molecular weight excluding hydrogens is 363 g/mol. The first kappa shape index (κ1) is 17.0. The summed E-state index contributed by atoms with van der Waals surface area (Å²) in [4.78, 5) is 17.4. The maximum Gasteiger partial charge on any atom is 0.230 e. The third kappa shape index (κ3) is 4.57. The van der Waals surface area contributed by atoms with Crippen molar-refractivity contribution in [1.82, 2.24) is 4.98 Å². The monoisotopic (exact) mass is 376 g/mol. The van der Waals surface area contributed by atoms with E-state index in [9.17, 15) is 4.79 Å². The van der Waals surface area contributed by atoms with Gasteiger partial charge in [0, 0.05) is 17.5 Å². The van der Waals surface area contributed by atoms with Gasteiger partial charge in [0.2, 0.25) is 5.91 Å². The number of nitrogens with one attached hydrogen (secondary N) is 1. The number of hydrogen-bond acceptors (Lipinski definition) is 3. The molecule has 0 aliphatic rings. The molecule has 0 fully saturated rings. The van der Waals surface area contributed by atoms with E-state index in [1.54, 1.807) is 12.3 Å². The van der Waals surface area contributed by atoms with Gasteiger partial charge in [-0.05, 0) is 23.3 Å². The fourth-order valence-corrected chi connectivity index (χ4v) is 3.43. The molecule has 0 spiro atoms. The highest BCUT2D eigenvalue weighted by Gasteiger charge is 2.09. The zero-order valence-electron chi connectivity index (χ0n) is 12.6. The number of benzene rings is 2. The van der Waals surface area contributed by atoms with Crippen LogP contribution in [-0.4, -0.2) is 10.9 Å². The van der Waals surface area contributed by atoms with Gasteiger partial charge in [0.25, 0.3) is 0 Å². The number of anilines is 1. The molecule has 0 bridgehead atoms. The third-order valence-corrected chi connectivity index (χ3v) is 5.02. The largest absolute Gasteiger partial charge is 0.302 e. The fraction of sp³-hybridized carbons (Fsp3) is 0.111. The molecule has 1 amide bonds. The molecule has 0 radical (unpaired) electrons. The van der Waals surface area contributed by atoms with Crippen molar-refractivity contribution >= 4 is 45.6 Å². The lowest BCUT2D eigenvalue weighted by Gasteiger charge is -2.02. The number of hydrogen-bond donors (Lipinski definition) is 1. The van der Waals surface area contributed by atoms with Crippen LogP contribution < -0.4 is 5.32 Å². The van der Waals surface area contributed by atoms with E-state index < -0.39 is 0 Å². The van der Waals surface area contributed by atoms with Crippen LogP contribution in [0.1, 0.15) is 16.0 Å². The molecule has 0 aliphatic heterocycles. The minimum absolute atomic E-state index is 0.0726. The maximum absolute atomic E-state index is 12.1. The van der Waals surface area contributed by atoms with Gasteiger partial charge in [0.15, 0.2) is 5.13 Å². The number of thiazole rings is 1. The van der Waals surface area contributed by atoms with Gasteiger partial charge in [-0.25, -0.2) is 4.98 Å².